The van der Waals surface area contributed by atoms with Crippen LogP contribution in [0.3, 0.4) is 0 Å². The Labute approximate surface area is 194 Å². The first kappa shape index (κ1) is 23.1. The Hall–Kier alpha value is -3.07. The number of benzene rings is 2. The Morgan fingerprint density at radius 3 is 2.24 bits per heavy atom. The van der Waals surface area contributed by atoms with Gasteiger partial charge in [0, 0.05) is 19.2 Å². The van der Waals surface area contributed by atoms with Crippen molar-refractivity contribution in [3.8, 4) is 11.5 Å². The molecule has 176 valence electrons. The van der Waals surface area contributed by atoms with Gasteiger partial charge >= 0.3 is 0 Å². The van der Waals surface area contributed by atoms with Crippen LogP contribution < -0.4 is 9.47 Å². The molecule has 2 aromatic carbocycles. The number of amides is 1. The van der Waals surface area contributed by atoms with E-state index >= 15 is 0 Å². The quantitative estimate of drug-likeness (QED) is 0.524. The van der Waals surface area contributed by atoms with E-state index in [1.807, 2.05) is 11.0 Å². The maximum absolute atomic E-state index is 13.5. The van der Waals surface area contributed by atoms with Gasteiger partial charge in [-0.15, -0.1) is 0 Å². The van der Waals surface area contributed by atoms with Crippen molar-refractivity contribution in [2.24, 2.45) is 0 Å². The highest BCUT2D eigenvalue weighted by molar-refractivity contribution is 7.90. The molecule has 0 radical (unpaired) electrons. The normalized spacial score (nSPS) is 14.8. The standard InChI is InChI=1S/C24H29N3O5S/c1-31-19-13-18(14-20(15-19)32-2)17-33(29,30)24-25-21-9-5-6-10-22(21)27(24)16-23(28)26-11-7-3-4-8-12-26/h5-6,9-10,13-15H,3-4,7-8,11-12,16-17H2,1-2H3. The van der Waals surface area contributed by atoms with Gasteiger partial charge in [0.15, 0.2) is 0 Å². The molecule has 1 aromatic heterocycles. The largest absolute Gasteiger partial charge is 0.497 e. The van der Waals surface area contributed by atoms with E-state index in [9.17, 15) is 13.2 Å². The number of hydrogen-bond acceptors (Lipinski definition) is 6. The summed E-state index contributed by atoms with van der Waals surface area (Å²) < 4.78 is 39.1. The fourth-order valence-corrected chi connectivity index (χ4v) is 5.70. The van der Waals surface area contributed by atoms with Crippen LogP contribution >= 0.6 is 0 Å². The monoisotopic (exact) mass is 471 g/mol. The summed E-state index contributed by atoms with van der Waals surface area (Å²) >= 11 is 0. The highest BCUT2D eigenvalue weighted by atomic mass is 32.2. The van der Waals surface area contributed by atoms with Crippen LogP contribution in [0.5, 0.6) is 11.5 Å². The number of fused-ring (bicyclic) bond motifs is 1. The van der Waals surface area contributed by atoms with E-state index in [4.69, 9.17) is 9.47 Å². The highest BCUT2D eigenvalue weighted by Crippen LogP contribution is 2.27. The van der Waals surface area contributed by atoms with Crippen molar-refractivity contribution in [1.29, 1.82) is 0 Å². The number of methoxy groups -OCH3 is 2. The summed E-state index contributed by atoms with van der Waals surface area (Å²) in [5, 5.41) is -0.103. The molecule has 1 amide bonds. The predicted molar refractivity (Wildman–Crippen MR) is 125 cm³/mol. The minimum Gasteiger partial charge on any atom is -0.497 e. The molecule has 0 N–H and O–H groups in total. The second kappa shape index (κ2) is 9.82. The molecule has 33 heavy (non-hydrogen) atoms. The van der Waals surface area contributed by atoms with Crippen molar-refractivity contribution >= 4 is 26.8 Å². The van der Waals surface area contributed by atoms with Gasteiger partial charge in [0.1, 0.15) is 18.0 Å². The van der Waals surface area contributed by atoms with Crippen LogP contribution in [0.25, 0.3) is 11.0 Å². The van der Waals surface area contributed by atoms with Gasteiger partial charge in [-0.3, -0.25) is 4.79 Å². The van der Waals surface area contributed by atoms with Crippen molar-refractivity contribution in [1.82, 2.24) is 14.5 Å². The number of rotatable bonds is 7. The van der Waals surface area contributed by atoms with Crippen LogP contribution in [-0.4, -0.2) is 56.1 Å². The van der Waals surface area contributed by atoms with Crippen molar-refractivity contribution in [3.63, 3.8) is 0 Å². The summed E-state index contributed by atoms with van der Waals surface area (Å²) in [6.45, 7) is 1.35. The minimum absolute atomic E-state index is 0.0590. The van der Waals surface area contributed by atoms with Crippen LogP contribution in [0.1, 0.15) is 31.2 Å². The Morgan fingerprint density at radius 2 is 1.61 bits per heavy atom. The lowest BCUT2D eigenvalue weighted by molar-refractivity contribution is -0.131. The van der Waals surface area contributed by atoms with E-state index < -0.39 is 9.84 Å². The second-order valence-corrected chi connectivity index (χ2v) is 10.1. The van der Waals surface area contributed by atoms with Crippen molar-refractivity contribution in [3.05, 3.63) is 48.0 Å². The summed E-state index contributed by atoms with van der Waals surface area (Å²) in [5.74, 6) is 0.634. The number of aromatic nitrogens is 2. The van der Waals surface area contributed by atoms with Gasteiger partial charge in [0.05, 0.1) is 31.0 Å². The highest BCUT2D eigenvalue weighted by Gasteiger charge is 2.27. The molecule has 1 saturated heterocycles. The number of imidazole rings is 1. The smallest absolute Gasteiger partial charge is 0.242 e. The van der Waals surface area contributed by atoms with Crippen molar-refractivity contribution in [2.45, 2.75) is 43.1 Å². The van der Waals surface area contributed by atoms with Gasteiger partial charge in [-0.05, 0) is 42.7 Å². The van der Waals surface area contributed by atoms with Crippen LogP contribution in [0, 0.1) is 0 Å². The fraction of sp³-hybridized carbons (Fsp3) is 0.417. The molecule has 9 heteroatoms. The zero-order valence-electron chi connectivity index (χ0n) is 19.0. The fourth-order valence-electron chi connectivity index (χ4n) is 4.23. The molecule has 0 bridgehead atoms. The first-order valence-electron chi connectivity index (χ1n) is 11.1. The average molecular weight is 472 g/mol. The van der Waals surface area contributed by atoms with Crippen LogP contribution in [0.15, 0.2) is 47.6 Å². The van der Waals surface area contributed by atoms with Crippen LogP contribution in [0.2, 0.25) is 0 Å². The molecule has 1 aliphatic rings. The zero-order chi connectivity index (χ0) is 23.4. The van der Waals surface area contributed by atoms with Gasteiger partial charge in [0.25, 0.3) is 0 Å². The summed E-state index contributed by atoms with van der Waals surface area (Å²) in [4.78, 5) is 19.4. The lowest BCUT2D eigenvalue weighted by Crippen LogP contribution is -2.35. The number of hydrogen-bond donors (Lipinski definition) is 0. The average Bonchev–Trinajstić information content (AvgIpc) is 2.98. The number of para-hydroxylation sites is 2. The molecule has 1 aliphatic heterocycles. The third-order valence-electron chi connectivity index (χ3n) is 5.92. The molecule has 0 saturated carbocycles. The molecule has 0 spiro atoms. The van der Waals surface area contributed by atoms with E-state index in [-0.39, 0.29) is 23.4 Å². The van der Waals surface area contributed by atoms with E-state index in [0.717, 1.165) is 25.7 Å². The predicted octanol–water partition coefficient (Wildman–Crippen LogP) is 3.43. The zero-order valence-corrected chi connectivity index (χ0v) is 19.8. The number of ether oxygens (including phenoxy) is 2. The van der Waals surface area contributed by atoms with E-state index in [1.54, 1.807) is 36.4 Å². The molecule has 0 aliphatic carbocycles. The maximum atomic E-state index is 13.5. The SMILES string of the molecule is COc1cc(CS(=O)(=O)c2nc3ccccc3n2CC(=O)N2CCCCCC2)cc(OC)c1. The summed E-state index contributed by atoms with van der Waals surface area (Å²) in [7, 11) is -0.840. The van der Waals surface area contributed by atoms with Gasteiger partial charge < -0.3 is 18.9 Å². The Bertz CT molecular complexity index is 1220. The van der Waals surface area contributed by atoms with Crippen molar-refractivity contribution in [2.75, 3.05) is 27.3 Å². The van der Waals surface area contributed by atoms with Gasteiger partial charge in [0.2, 0.25) is 20.9 Å². The number of likely N-dealkylation sites (tertiary alicyclic amines) is 1. The molecule has 0 unspecified atom stereocenters. The number of sulfone groups is 1. The maximum Gasteiger partial charge on any atom is 0.242 e. The van der Waals surface area contributed by atoms with Crippen molar-refractivity contribution < 1.29 is 22.7 Å². The summed E-state index contributed by atoms with van der Waals surface area (Å²) in [6, 6.07) is 12.2. The lowest BCUT2D eigenvalue weighted by atomic mass is 10.2. The van der Waals surface area contributed by atoms with E-state index in [2.05, 4.69) is 4.98 Å². The Kier molecular flexibility index (Phi) is 6.88. The molecule has 8 nitrogen and oxygen atoms in total. The molecule has 0 atom stereocenters. The van der Waals surface area contributed by atoms with E-state index in [0.29, 0.717) is 41.2 Å². The van der Waals surface area contributed by atoms with Gasteiger partial charge in [-0.1, -0.05) is 25.0 Å². The number of nitrogens with zero attached hydrogens (tertiary/aromatic N) is 3. The summed E-state index contributed by atoms with van der Waals surface area (Å²) in [6.07, 6.45) is 4.17. The third-order valence-corrected chi connectivity index (χ3v) is 7.50. The van der Waals surface area contributed by atoms with Gasteiger partial charge in [-0.25, -0.2) is 13.4 Å². The molecule has 1 fully saturated rings. The Balaban J connectivity index is 1.70. The molecular formula is C24H29N3O5S. The van der Waals surface area contributed by atoms with Gasteiger partial charge in [-0.2, -0.15) is 0 Å². The minimum atomic E-state index is -3.87. The lowest BCUT2D eigenvalue weighted by Gasteiger charge is -2.21. The van der Waals surface area contributed by atoms with Crippen LogP contribution in [0.4, 0.5) is 0 Å². The van der Waals surface area contributed by atoms with E-state index in [1.165, 1.54) is 18.8 Å². The molecular weight excluding hydrogens is 442 g/mol. The summed E-state index contributed by atoms with van der Waals surface area (Å²) in [5.41, 5.74) is 1.69. The first-order chi connectivity index (χ1) is 15.9. The third kappa shape index (κ3) is 5.13. The molecule has 2 heterocycles. The molecule has 3 aromatic rings. The number of carbonyl (C=O) groups excluding carboxylic acids is 1. The number of carbonyl (C=O) groups is 1. The Morgan fingerprint density at radius 1 is 0.970 bits per heavy atom. The topological polar surface area (TPSA) is 90.7 Å². The first-order valence-corrected chi connectivity index (χ1v) is 12.7. The molecule has 4 rings (SSSR count). The second-order valence-electron chi connectivity index (χ2n) is 8.24. The van der Waals surface area contributed by atoms with Crippen LogP contribution in [-0.2, 0) is 26.9 Å².